The van der Waals surface area contributed by atoms with Crippen LogP contribution in [0.25, 0.3) is 0 Å². The molecule has 0 fully saturated rings. The summed E-state index contributed by atoms with van der Waals surface area (Å²) in [5, 5.41) is 6.18. The van der Waals surface area contributed by atoms with E-state index in [1.54, 1.807) is 48.5 Å². The van der Waals surface area contributed by atoms with Gasteiger partial charge >= 0.3 is 0 Å². The van der Waals surface area contributed by atoms with Crippen LogP contribution in [0, 0.1) is 6.92 Å². The van der Waals surface area contributed by atoms with Gasteiger partial charge in [-0.05, 0) is 61.0 Å². The first-order chi connectivity index (χ1) is 16.7. The number of imide groups is 1. The van der Waals surface area contributed by atoms with Gasteiger partial charge in [0, 0.05) is 21.3 Å². The Bertz CT molecular complexity index is 1400. The Balaban J connectivity index is 1.56. The van der Waals surface area contributed by atoms with Gasteiger partial charge in [0.2, 0.25) is 0 Å². The molecule has 1 aliphatic heterocycles. The van der Waals surface area contributed by atoms with Crippen LogP contribution in [0.3, 0.4) is 0 Å². The van der Waals surface area contributed by atoms with Crippen LogP contribution in [-0.4, -0.2) is 24.8 Å². The van der Waals surface area contributed by atoms with Gasteiger partial charge in [0.15, 0.2) is 0 Å². The minimum absolute atomic E-state index is 0.109. The van der Waals surface area contributed by atoms with Crippen molar-refractivity contribution >= 4 is 69.6 Å². The lowest BCUT2D eigenvalue weighted by Crippen LogP contribution is -2.32. The Morgan fingerprint density at radius 2 is 1.71 bits per heavy atom. The van der Waals surface area contributed by atoms with Crippen molar-refractivity contribution in [3.05, 3.63) is 92.6 Å². The molecule has 7 nitrogen and oxygen atoms in total. The SMILES string of the molecule is COc1ccc(Cl)cc1NC(=O)c1cccc(NC2=C(Cl)C(=O)N(c3ccc(C)c(Cl)c3)C2=O)c1. The Labute approximate surface area is 216 Å². The predicted octanol–water partition coefficient (Wildman–Crippen LogP) is 6.00. The fourth-order valence-corrected chi connectivity index (χ4v) is 3.98. The highest BCUT2D eigenvalue weighted by atomic mass is 35.5. The average molecular weight is 531 g/mol. The summed E-state index contributed by atoms with van der Waals surface area (Å²) in [7, 11) is 1.48. The third kappa shape index (κ3) is 4.98. The fourth-order valence-electron chi connectivity index (χ4n) is 3.42. The van der Waals surface area contributed by atoms with E-state index in [0.717, 1.165) is 10.5 Å². The van der Waals surface area contributed by atoms with E-state index >= 15 is 0 Å². The van der Waals surface area contributed by atoms with Gasteiger partial charge in [0.25, 0.3) is 17.7 Å². The zero-order chi connectivity index (χ0) is 25.3. The quantitative estimate of drug-likeness (QED) is 0.382. The number of hydrogen-bond donors (Lipinski definition) is 2. The number of carbonyl (C=O) groups is 3. The maximum Gasteiger partial charge on any atom is 0.283 e. The molecule has 2 N–H and O–H groups in total. The number of aryl methyl sites for hydroxylation is 1. The van der Waals surface area contributed by atoms with Crippen molar-refractivity contribution in [3.63, 3.8) is 0 Å². The molecule has 4 rings (SSSR count). The minimum Gasteiger partial charge on any atom is -0.495 e. The summed E-state index contributed by atoms with van der Waals surface area (Å²) in [5.74, 6) is -1.31. The van der Waals surface area contributed by atoms with Gasteiger partial charge in [-0.15, -0.1) is 0 Å². The number of anilines is 3. The van der Waals surface area contributed by atoms with Crippen LogP contribution in [0.4, 0.5) is 17.1 Å². The molecule has 3 aromatic rings. The number of methoxy groups -OCH3 is 1. The summed E-state index contributed by atoms with van der Waals surface area (Å²) in [6.45, 7) is 1.81. The van der Waals surface area contributed by atoms with E-state index in [4.69, 9.17) is 39.5 Å². The largest absolute Gasteiger partial charge is 0.495 e. The molecular formula is C25H18Cl3N3O4. The van der Waals surface area contributed by atoms with E-state index in [1.165, 1.54) is 19.2 Å². The van der Waals surface area contributed by atoms with Crippen LogP contribution < -0.4 is 20.3 Å². The number of benzene rings is 3. The zero-order valence-corrected chi connectivity index (χ0v) is 20.8. The standard InChI is InChI=1S/C25H18Cl3N3O4/c1-13-6-8-17(12-18(13)27)31-24(33)21(28)22(25(31)34)29-16-5-3-4-14(10-16)23(32)30-19-11-15(26)7-9-20(19)35-2/h3-12,29H,1-2H3,(H,30,32). The molecular weight excluding hydrogens is 513 g/mol. The molecule has 3 amide bonds. The lowest BCUT2D eigenvalue weighted by Gasteiger charge is -2.16. The number of nitrogens with one attached hydrogen (secondary N) is 2. The summed E-state index contributed by atoms with van der Waals surface area (Å²) in [5.41, 5.74) is 2.06. The van der Waals surface area contributed by atoms with Gasteiger partial charge in [-0.25, -0.2) is 4.90 Å². The van der Waals surface area contributed by atoms with Crippen molar-refractivity contribution in [2.75, 3.05) is 22.6 Å². The molecule has 1 aliphatic rings. The molecule has 0 saturated carbocycles. The Hall–Kier alpha value is -3.52. The number of carbonyl (C=O) groups excluding carboxylic acids is 3. The van der Waals surface area contributed by atoms with E-state index in [9.17, 15) is 14.4 Å². The maximum absolute atomic E-state index is 13.0. The van der Waals surface area contributed by atoms with Crippen molar-refractivity contribution in [2.24, 2.45) is 0 Å². The van der Waals surface area contributed by atoms with Crippen molar-refractivity contribution in [1.82, 2.24) is 0 Å². The average Bonchev–Trinajstić information content (AvgIpc) is 3.04. The van der Waals surface area contributed by atoms with Gasteiger partial charge in [-0.2, -0.15) is 0 Å². The topological polar surface area (TPSA) is 87.7 Å². The summed E-state index contributed by atoms with van der Waals surface area (Å²) >= 11 is 18.4. The molecule has 0 radical (unpaired) electrons. The van der Waals surface area contributed by atoms with Crippen molar-refractivity contribution < 1.29 is 19.1 Å². The highest BCUT2D eigenvalue weighted by molar-refractivity contribution is 6.53. The summed E-state index contributed by atoms with van der Waals surface area (Å²) in [6.07, 6.45) is 0. The van der Waals surface area contributed by atoms with Gasteiger partial charge in [-0.3, -0.25) is 14.4 Å². The molecule has 0 aromatic heterocycles. The van der Waals surface area contributed by atoms with E-state index < -0.39 is 17.7 Å². The molecule has 0 unspecified atom stereocenters. The lowest BCUT2D eigenvalue weighted by molar-refractivity contribution is -0.120. The Morgan fingerprint density at radius 1 is 0.943 bits per heavy atom. The minimum atomic E-state index is -0.680. The summed E-state index contributed by atoms with van der Waals surface area (Å²) in [4.78, 5) is 39.6. The third-order valence-corrected chi connectivity index (χ3v) is 6.24. The highest BCUT2D eigenvalue weighted by Crippen LogP contribution is 2.33. The van der Waals surface area contributed by atoms with Crippen LogP contribution >= 0.6 is 34.8 Å². The second kappa shape index (κ2) is 10.00. The smallest absolute Gasteiger partial charge is 0.283 e. The molecule has 1 heterocycles. The summed E-state index contributed by atoms with van der Waals surface area (Å²) in [6, 6.07) is 16.1. The second-order valence-corrected chi connectivity index (χ2v) is 8.79. The normalized spacial score (nSPS) is 13.3. The third-order valence-electron chi connectivity index (χ3n) is 5.24. The van der Waals surface area contributed by atoms with Gasteiger partial charge in [-0.1, -0.05) is 46.9 Å². The van der Waals surface area contributed by atoms with Crippen LogP contribution in [0.15, 0.2) is 71.4 Å². The van der Waals surface area contributed by atoms with Gasteiger partial charge in [0.1, 0.15) is 16.5 Å². The lowest BCUT2D eigenvalue weighted by atomic mass is 10.1. The number of ether oxygens (including phenoxy) is 1. The van der Waals surface area contributed by atoms with E-state index in [0.29, 0.717) is 32.9 Å². The number of halogens is 3. The molecule has 3 aromatic carbocycles. The first kappa shape index (κ1) is 24.6. The molecule has 35 heavy (non-hydrogen) atoms. The zero-order valence-electron chi connectivity index (χ0n) is 18.5. The van der Waals surface area contributed by atoms with Crippen LogP contribution in [0.2, 0.25) is 10.0 Å². The first-order valence-corrected chi connectivity index (χ1v) is 11.4. The van der Waals surface area contributed by atoms with Gasteiger partial charge in [0.05, 0.1) is 18.5 Å². The molecule has 178 valence electrons. The fraction of sp³-hybridized carbons (Fsp3) is 0.0800. The predicted molar refractivity (Wildman–Crippen MR) is 138 cm³/mol. The van der Waals surface area contributed by atoms with Gasteiger partial charge < -0.3 is 15.4 Å². The number of nitrogens with zero attached hydrogens (tertiary/aromatic N) is 1. The molecule has 0 aliphatic carbocycles. The molecule has 0 atom stereocenters. The number of amides is 3. The second-order valence-electron chi connectivity index (χ2n) is 7.57. The van der Waals surface area contributed by atoms with Crippen LogP contribution in [0.1, 0.15) is 15.9 Å². The maximum atomic E-state index is 13.0. The first-order valence-electron chi connectivity index (χ1n) is 10.3. The molecule has 0 spiro atoms. The van der Waals surface area contributed by atoms with Crippen molar-refractivity contribution in [2.45, 2.75) is 6.92 Å². The Morgan fingerprint density at radius 3 is 2.43 bits per heavy atom. The Kier molecular flexibility index (Phi) is 7.03. The summed E-state index contributed by atoms with van der Waals surface area (Å²) < 4.78 is 5.25. The van der Waals surface area contributed by atoms with E-state index in [2.05, 4.69) is 10.6 Å². The van der Waals surface area contributed by atoms with E-state index in [1.807, 2.05) is 6.92 Å². The van der Waals surface area contributed by atoms with Crippen molar-refractivity contribution in [3.8, 4) is 5.75 Å². The number of rotatable bonds is 6. The van der Waals surface area contributed by atoms with Crippen molar-refractivity contribution in [1.29, 1.82) is 0 Å². The van der Waals surface area contributed by atoms with Crippen LogP contribution in [-0.2, 0) is 9.59 Å². The molecule has 0 saturated heterocycles. The monoisotopic (exact) mass is 529 g/mol. The number of hydrogen-bond acceptors (Lipinski definition) is 5. The van der Waals surface area contributed by atoms with E-state index in [-0.39, 0.29) is 16.3 Å². The molecule has 0 bridgehead atoms. The molecule has 10 heteroatoms. The highest BCUT2D eigenvalue weighted by Gasteiger charge is 2.39. The van der Waals surface area contributed by atoms with Crippen LogP contribution in [0.5, 0.6) is 5.75 Å².